The molecule has 0 bridgehead atoms. The average Bonchev–Trinajstić information content (AvgIpc) is 2.99. The van der Waals surface area contributed by atoms with Crippen molar-refractivity contribution in [1.29, 1.82) is 0 Å². The number of methoxy groups -OCH3 is 1. The molecule has 2 aliphatic rings. The van der Waals surface area contributed by atoms with E-state index in [2.05, 4.69) is 16.8 Å². The molecule has 2 heterocycles. The Morgan fingerprint density at radius 1 is 1.18 bits per heavy atom. The monoisotopic (exact) mass is 411 g/mol. The Labute approximate surface area is 171 Å². The lowest BCUT2D eigenvalue weighted by atomic mass is 9.79. The van der Waals surface area contributed by atoms with Crippen LogP contribution in [0.15, 0.2) is 16.9 Å². The number of ether oxygens (including phenoxy) is 1. The molecule has 1 saturated heterocycles. The van der Waals surface area contributed by atoms with E-state index in [0.29, 0.717) is 17.1 Å². The topological polar surface area (TPSA) is 50.3 Å². The van der Waals surface area contributed by atoms with Crippen LogP contribution in [0.4, 0.5) is 4.39 Å². The van der Waals surface area contributed by atoms with E-state index in [1.807, 2.05) is 20.1 Å². The summed E-state index contributed by atoms with van der Waals surface area (Å²) in [5.74, 6) is -0.347. The predicted molar refractivity (Wildman–Crippen MR) is 112 cm³/mol. The first-order valence-electron chi connectivity index (χ1n) is 10.1. The summed E-state index contributed by atoms with van der Waals surface area (Å²) < 4.78 is 21.5. The predicted octanol–water partition coefficient (Wildman–Crippen LogP) is 4.18. The number of hydrogen-bond acceptors (Lipinski definition) is 3. The van der Waals surface area contributed by atoms with Gasteiger partial charge in [-0.15, -0.1) is 12.4 Å². The van der Waals surface area contributed by atoms with Crippen molar-refractivity contribution >= 4 is 23.4 Å². The SMILES string of the molecule is COC1CCC(C)(N2CCC(n3c(=O)[nH]c4c(F)cc(C)cc43)CC2)CC1.Cl. The van der Waals surface area contributed by atoms with Gasteiger partial charge in [-0.25, -0.2) is 9.18 Å². The fourth-order valence-electron chi connectivity index (χ4n) is 5.11. The maximum Gasteiger partial charge on any atom is 0.326 e. The Morgan fingerprint density at radius 3 is 2.43 bits per heavy atom. The summed E-state index contributed by atoms with van der Waals surface area (Å²) in [6, 6.07) is 3.51. The molecule has 5 nitrogen and oxygen atoms in total. The van der Waals surface area contributed by atoms with Crippen molar-refractivity contribution in [1.82, 2.24) is 14.5 Å². The number of rotatable bonds is 3. The molecule has 4 rings (SSSR count). The molecule has 156 valence electrons. The summed E-state index contributed by atoms with van der Waals surface area (Å²) in [5.41, 5.74) is 1.90. The molecule has 0 spiro atoms. The molecular formula is C21H31ClFN3O2. The van der Waals surface area contributed by atoms with E-state index >= 15 is 0 Å². The highest BCUT2D eigenvalue weighted by Gasteiger charge is 2.38. The summed E-state index contributed by atoms with van der Waals surface area (Å²) in [7, 11) is 1.81. The molecule has 2 fully saturated rings. The Bertz CT molecular complexity index is 878. The smallest absolute Gasteiger partial charge is 0.326 e. The summed E-state index contributed by atoms with van der Waals surface area (Å²) in [5, 5.41) is 0. The summed E-state index contributed by atoms with van der Waals surface area (Å²) >= 11 is 0. The maximum absolute atomic E-state index is 14.2. The van der Waals surface area contributed by atoms with E-state index in [4.69, 9.17) is 4.74 Å². The van der Waals surface area contributed by atoms with Crippen LogP contribution in [0.2, 0.25) is 0 Å². The zero-order valence-corrected chi connectivity index (χ0v) is 17.8. The van der Waals surface area contributed by atoms with Crippen LogP contribution < -0.4 is 5.69 Å². The molecule has 0 amide bonds. The number of likely N-dealkylation sites (tertiary alicyclic amines) is 1. The molecule has 1 aliphatic heterocycles. The van der Waals surface area contributed by atoms with E-state index in [9.17, 15) is 9.18 Å². The van der Waals surface area contributed by atoms with Crippen molar-refractivity contribution < 1.29 is 9.13 Å². The Balaban J connectivity index is 0.00000225. The summed E-state index contributed by atoms with van der Waals surface area (Å²) in [6.45, 7) is 6.19. The van der Waals surface area contributed by atoms with Gasteiger partial charge in [0, 0.05) is 31.8 Å². The minimum atomic E-state index is -0.347. The van der Waals surface area contributed by atoms with Crippen molar-refractivity contribution in [2.45, 2.75) is 70.1 Å². The van der Waals surface area contributed by atoms with Gasteiger partial charge in [0.1, 0.15) is 11.3 Å². The number of H-pyrrole nitrogens is 1. The number of aromatic amines is 1. The molecule has 1 aromatic heterocycles. The van der Waals surface area contributed by atoms with Crippen molar-refractivity contribution in [3.63, 3.8) is 0 Å². The summed E-state index contributed by atoms with van der Waals surface area (Å²) in [4.78, 5) is 17.8. The van der Waals surface area contributed by atoms with E-state index < -0.39 is 0 Å². The first-order valence-corrected chi connectivity index (χ1v) is 10.1. The number of imidazole rings is 1. The molecule has 1 aromatic carbocycles. The largest absolute Gasteiger partial charge is 0.381 e. The highest BCUT2D eigenvalue weighted by atomic mass is 35.5. The fourth-order valence-corrected chi connectivity index (χ4v) is 5.11. The Hall–Kier alpha value is -1.37. The minimum absolute atomic E-state index is 0. The molecule has 1 saturated carbocycles. The van der Waals surface area contributed by atoms with Crippen molar-refractivity contribution in [2.75, 3.05) is 20.2 Å². The third-order valence-electron chi connectivity index (χ3n) is 6.86. The van der Waals surface area contributed by atoms with Gasteiger partial charge < -0.3 is 9.72 Å². The Kier molecular flexibility index (Phi) is 6.23. The second kappa shape index (κ2) is 8.17. The molecule has 1 aliphatic carbocycles. The lowest BCUT2D eigenvalue weighted by Gasteiger charge is -2.48. The number of piperidine rings is 1. The highest BCUT2D eigenvalue weighted by molar-refractivity contribution is 5.85. The molecular weight excluding hydrogens is 381 g/mol. The van der Waals surface area contributed by atoms with Crippen LogP contribution >= 0.6 is 12.4 Å². The van der Waals surface area contributed by atoms with Crippen LogP contribution in [0.3, 0.4) is 0 Å². The Morgan fingerprint density at radius 2 is 1.82 bits per heavy atom. The first-order chi connectivity index (χ1) is 12.9. The zero-order chi connectivity index (χ0) is 19.2. The number of nitrogens with one attached hydrogen (secondary N) is 1. The quantitative estimate of drug-likeness (QED) is 0.824. The van der Waals surface area contributed by atoms with Crippen molar-refractivity contribution in [3.8, 4) is 0 Å². The number of aryl methyl sites for hydroxylation is 1. The van der Waals surface area contributed by atoms with Gasteiger partial charge in [0.2, 0.25) is 0 Å². The number of benzene rings is 1. The van der Waals surface area contributed by atoms with Gasteiger partial charge in [0.25, 0.3) is 0 Å². The molecule has 7 heteroatoms. The van der Waals surface area contributed by atoms with Crippen LogP contribution in [0.5, 0.6) is 0 Å². The van der Waals surface area contributed by atoms with Crippen molar-refractivity contribution in [3.05, 3.63) is 34.0 Å². The lowest BCUT2D eigenvalue weighted by Crippen LogP contribution is -2.52. The van der Waals surface area contributed by atoms with E-state index in [1.165, 1.54) is 6.07 Å². The molecule has 1 N–H and O–H groups in total. The normalized spacial score (nSPS) is 27.1. The summed E-state index contributed by atoms with van der Waals surface area (Å²) in [6.07, 6.45) is 6.80. The second-order valence-corrected chi connectivity index (χ2v) is 8.59. The molecule has 0 radical (unpaired) electrons. The van der Waals surface area contributed by atoms with E-state index in [-0.39, 0.29) is 35.5 Å². The zero-order valence-electron chi connectivity index (χ0n) is 17.0. The van der Waals surface area contributed by atoms with Crippen LogP contribution in [0.1, 0.15) is 57.1 Å². The average molecular weight is 412 g/mol. The number of fused-ring (bicyclic) bond motifs is 1. The van der Waals surface area contributed by atoms with E-state index in [0.717, 1.165) is 57.2 Å². The highest BCUT2D eigenvalue weighted by Crippen LogP contribution is 2.37. The minimum Gasteiger partial charge on any atom is -0.381 e. The number of halogens is 2. The fraction of sp³-hybridized carbons (Fsp3) is 0.667. The van der Waals surface area contributed by atoms with Crippen LogP contribution in [-0.2, 0) is 4.74 Å². The molecule has 0 unspecified atom stereocenters. The standard InChI is InChI=1S/C21H30FN3O2.ClH/c1-14-12-17(22)19-18(13-14)25(20(26)23-19)15-6-10-24(11-7-15)21(2)8-4-16(27-3)5-9-21;/h12-13,15-16H,4-11H2,1-3H3,(H,23,26);1H. The first kappa shape index (κ1) is 21.3. The third kappa shape index (κ3) is 3.74. The van der Waals surface area contributed by atoms with Crippen LogP contribution in [0.25, 0.3) is 11.0 Å². The second-order valence-electron chi connectivity index (χ2n) is 8.59. The van der Waals surface area contributed by atoms with Crippen molar-refractivity contribution in [2.24, 2.45) is 0 Å². The van der Waals surface area contributed by atoms with Gasteiger partial charge in [0.15, 0.2) is 0 Å². The number of aromatic nitrogens is 2. The lowest BCUT2D eigenvalue weighted by molar-refractivity contribution is -0.0146. The van der Waals surface area contributed by atoms with Gasteiger partial charge in [-0.05, 0) is 70.1 Å². The van der Waals surface area contributed by atoms with Gasteiger partial charge in [0.05, 0.1) is 11.6 Å². The number of nitrogens with zero attached hydrogens (tertiary/aromatic N) is 2. The third-order valence-corrected chi connectivity index (χ3v) is 6.86. The van der Waals surface area contributed by atoms with Crippen LogP contribution in [-0.4, -0.2) is 46.3 Å². The molecule has 2 aromatic rings. The molecule has 28 heavy (non-hydrogen) atoms. The van der Waals surface area contributed by atoms with Gasteiger partial charge in [-0.3, -0.25) is 9.47 Å². The van der Waals surface area contributed by atoms with Gasteiger partial charge in [-0.2, -0.15) is 0 Å². The van der Waals surface area contributed by atoms with Gasteiger partial charge >= 0.3 is 5.69 Å². The van der Waals surface area contributed by atoms with Crippen LogP contribution in [0, 0.1) is 12.7 Å². The maximum atomic E-state index is 14.2. The van der Waals surface area contributed by atoms with E-state index in [1.54, 1.807) is 4.57 Å². The van der Waals surface area contributed by atoms with Gasteiger partial charge in [-0.1, -0.05) is 0 Å². The number of hydrogen-bond donors (Lipinski definition) is 1. The molecule has 0 atom stereocenters.